The van der Waals surface area contributed by atoms with E-state index in [1.807, 2.05) is 35.0 Å². The number of nitrogens with zero attached hydrogens (tertiary/aromatic N) is 2. The van der Waals surface area contributed by atoms with E-state index in [1.165, 1.54) is 5.01 Å². The summed E-state index contributed by atoms with van der Waals surface area (Å²) in [7, 11) is 0. The molecule has 3 heterocycles. The van der Waals surface area contributed by atoms with Gasteiger partial charge in [0.25, 0.3) is 5.91 Å². The molecule has 1 fully saturated rings. The number of carbonyl (C=O) groups excluding carboxylic acids is 2. The largest absolute Gasteiger partial charge is 0.455 e. The van der Waals surface area contributed by atoms with Crippen LogP contribution in [-0.4, -0.2) is 33.5 Å². The molecule has 1 saturated carbocycles. The molecule has 2 aromatic heterocycles. The zero-order valence-electron chi connectivity index (χ0n) is 14.4. The zero-order valence-corrected chi connectivity index (χ0v) is 17.5. The van der Waals surface area contributed by atoms with Crippen LogP contribution in [0.4, 0.5) is 0 Å². The minimum Gasteiger partial charge on any atom is -0.455 e. The number of carbonyl (C=O) groups is 2. The summed E-state index contributed by atoms with van der Waals surface area (Å²) in [5, 5.41) is 9.90. The lowest BCUT2D eigenvalue weighted by Crippen LogP contribution is -2.32. The third-order valence-electron chi connectivity index (χ3n) is 4.88. The smallest absolute Gasteiger partial charge is 0.315 e. The quantitative estimate of drug-likeness (QED) is 0.501. The number of hydrazone groups is 1. The minimum absolute atomic E-state index is 0.190. The Labute approximate surface area is 174 Å². The second kappa shape index (κ2) is 6.88. The van der Waals surface area contributed by atoms with Crippen molar-refractivity contribution in [2.45, 2.75) is 30.1 Å². The molecule has 2 atom stereocenters. The molecule has 0 radical (unpaired) electrons. The predicted octanol–water partition coefficient (Wildman–Crippen LogP) is 4.61. The standard InChI is InChI=1S/C18H16Cl2N2O3S2/c1-17(10-18(17,19)20)16(24)25-9-15(23)22-12(14-5-3-7-27-14)8-11(21-22)13-4-2-6-26-13/h2-7,12H,8-10H2,1H3. The van der Waals surface area contributed by atoms with E-state index in [2.05, 4.69) is 5.10 Å². The van der Waals surface area contributed by atoms with Gasteiger partial charge < -0.3 is 4.74 Å². The fourth-order valence-corrected chi connectivity index (χ4v) is 5.23. The lowest BCUT2D eigenvalue weighted by Gasteiger charge is -2.21. The van der Waals surface area contributed by atoms with E-state index in [4.69, 9.17) is 27.9 Å². The van der Waals surface area contributed by atoms with Crippen molar-refractivity contribution in [2.24, 2.45) is 10.5 Å². The van der Waals surface area contributed by atoms with Crippen LogP contribution in [0.5, 0.6) is 0 Å². The topological polar surface area (TPSA) is 59.0 Å². The molecule has 0 N–H and O–H groups in total. The molecule has 1 aliphatic heterocycles. The number of ether oxygens (including phenoxy) is 1. The van der Waals surface area contributed by atoms with Crippen LogP contribution in [-0.2, 0) is 14.3 Å². The van der Waals surface area contributed by atoms with E-state index >= 15 is 0 Å². The number of hydrogen-bond acceptors (Lipinski definition) is 6. The molecule has 4 rings (SSSR count). The van der Waals surface area contributed by atoms with Crippen LogP contribution >= 0.6 is 45.9 Å². The summed E-state index contributed by atoms with van der Waals surface area (Å²) in [6.07, 6.45) is 0.948. The average Bonchev–Trinajstić information content (AvgIpc) is 3.23. The van der Waals surface area contributed by atoms with Crippen LogP contribution < -0.4 is 0 Å². The van der Waals surface area contributed by atoms with Crippen LogP contribution in [0.2, 0.25) is 0 Å². The monoisotopic (exact) mass is 442 g/mol. The summed E-state index contributed by atoms with van der Waals surface area (Å²) in [6.45, 7) is 1.25. The first-order chi connectivity index (χ1) is 12.8. The summed E-state index contributed by atoms with van der Waals surface area (Å²) in [5.74, 6) is -0.928. The van der Waals surface area contributed by atoms with Gasteiger partial charge in [-0.3, -0.25) is 9.59 Å². The highest BCUT2D eigenvalue weighted by Crippen LogP contribution is 2.64. The van der Waals surface area contributed by atoms with Gasteiger partial charge in [0.05, 0.1) is 16.6 Å². The van der Waals surface area contributed by atoms with Crippen LogP contribution in [0, 0.1) is 5.41 Å². The Kier molecular flexibility index (Phi) is 4.83. The highest BCUT2D eigenvalue weighted by molar-refractivity contribution is 7.12. The van der Waals surface area contributed by atoms with Gasteiger partial charge in [0.1, 0.15) is 9.75 Å². The summed E-state index contributed by atoms with van der Waals surface area (Å²) in [6, 6.07) is 7.67. The fraction of sp³-hybridized carbons (Fsp3) is 0.389. The number of thiophene rings is 2. The molecule has 2 unspecified atom stereocenters. The maximum absolute atomic E-state index is 12.8. The van der Waals surface area contributed by atoms with Crippen molar-refractivity contribution in [2.75, 3.05) is 6.61 Å². The molecule has 2 aromatic rings. The van der Waals surface area contributed by atoms with Crippen molar-refractivity contribution >= 4 is 63.5 Å². The van der Waals surface area contributed by atoms with Crippen LogP contribution in [0.25, 0.3) is 0 Å². The Morgan fingerprint density at radius 3 is 2.59 bits per heavy atom. The van der Waals surface area contributed by atoms with Crippen molar-refractivity contribution in [1.29, 1.82) is 0 Å². The van der Waals surface area contributed by atoms with E-state index in [0.717, 1.165) is 15.5 Å². The summed E-state index contributed by atoms with van der Waals surface area (Å²) < 4.78 is 4.09. The van der Waals surface area contributed by atoms with Crippen LogP contribution in [0.1, 0.15) is 35.6 Å². The summed E-state index contributed by atoms with van der Waals surface area (Å²) in [5.41, 5.74) is -0.0993. The first-order valence-corrected chi connectivity index (χ1v) is 10.9. The predicted molar refractivity (Wildman–Crippen MR) is 107 cm³/mol. The molecular formula is C18H16Cl2N2O3S2. The average molecular weight is 443 g/mol. The molecule has 142 valence electrons. The second-order valence-corrected chi connectivity index (χ2v) is 10.2. The van der Waals surface area contributed by atoms with Gasteiger partial charge in [-0.1, -0.05) is 12.1 Å². The van der Waals surface area contributed by atoms with Gasteiger partial charge in [0.2, 0.25) is 0 Å². The van der Waals surface area contributed by atoms with E-state index in [9.17, 15) is 9.59 Å². The Balaban J connectivity index is 1.48. The molecule has 0 spiro atoms. The van der Waals surface area contributed by atoms with Gasteiger partial charge in [0, 0.05) is 17.7 Å². The lowest BCUT2D eigenvalue weighted by atomic mass is 10.1. The molecule has 2 aliphatic rings. The van der Waals surface area contributed by atoms with Crippen molar-refractivity contribution in [3.8, 4) is 0 Å². The van der Waals surface area contributed by atoms with E-state index in [0.29, 0.717) is 12.8 Å². The zero-order chi connectivity index (χ0) is 19.2. The van der Waals surface area contributed by atoms with Crippen molar-refractivity contribution in [1.82, 2.24) is 5.01 Å². The minimum atomic E-state index is -1.12. The van der Waals surface area contributed by atoms with Gasteiger partial charge >= 0.3 is 5.97 Å². The fourth-order valence-electron chi connectivity index (χ4n) is 3.01. The van der Waals surface area contributed by atoms with Crippen LogP contribution in [0.3, 0.4) is 0 Å². The Bertz CT molecular complexity index is 896. The number of amides is 1. The molecule has 0 aromatic carbocycles. The molecule has 1 amide bonds. The lowest BCUT2D eigenvalue weighted by molar-refractivity contribution is -0.157. The molecule has 0 saturated heterocycles. The molecule has 0 bridgehead atoms. The third-order valence-corrected chi connectivity index (χ3v) is 7.87. The number of esters is 1. The van der Waals surface area contributed by atoms with Gasteiger partial charge in [-0.05, 0) is 29.8 Å². The van der Waals surface area contributed by atoms with Crippen molar-refractivity contribution in [3.63, 3.8) is 0 Å². The highest BCUT2D eigenvalue weighted by Gasteiger charge is 2.69. The molecular weight excluding hydrogens is 427 g/mol. The molecule has 9 heteroatoms. The molecule has 1 aliphatic carbocycles. The normalized spacial score (nSPS) is 26.0. The SMILES string of the molecule is CC1(C(=O)OCC(=O)N2N=C(c3cccs3)CC2c2cccs2)CC1(Cl)Cl. The maximum Gasteiger partial charge on any atom is 0.315 e. The van der Waals surface area contributed by atoms with Gasteiger partial charge in [-0.2, -0.15) is 5.10 Å². The Morgan fingerprint density at radius 2 is 2.00 bits per heavy atom. The third kappa shape index (κ3) is 3.42. The van der Waals surface area contributed by atoms with Crippen molar-refractivity contribution in [3.05, 3.63) is 44.8 Å². The van der Waals surface area contributed by atoms with Crippen LogP contribution in [0.15, 0.2) is 40.1 Å². The van der Waals surface area contributed by atoms with E-state index < -0.39 is 15.7 Å². The van der Waals surface area contributed by atoms with Gasteiger partial charge in [-0.15, -0.1) is 45.9 Å². The molecule has 27 heavy (non-hydrogen) atoms. The highest BCUT2D eigenvalue weighted by atomic mass is 35.5. The first-order valence-electron chi connectivity index (χ1n) is 8.34. The Hall–Kier alpha value is -1.41. The second-order valence-electron chi connectivity index (χ2n) is 6.79. The van der Waals surface area contributed by atoms with E-state index in [1.54, 1.807) is 29.6 Å². The summed E-state index contributed by atoms with van der Waals surface area (Å²) >= 11 is 15.2. The maximum atomic E-state index is 12.8. The van der Waals surface area contributed by atoms with E-state index in [-0.39, 0.29) is 18.6 Å². The first kappa shape index (κ1) is 18.9. The Morgan fingerprint density at radius 1 is 1.30 bits per heavy atom. The molecule has 5 nitrogen and oxygen atoms in total. The number of halogens is 2. The van der Waals surface area contributed by atoms with Crippen molar-refractivity contribution < 1.29 is 14.3 Å². The summed E-state index contributed by atoms with van der Waals surface area (Å²) in [4.78, 5) is 27.1. The van der Waals surface area contributed by atoms with Gasteiger partial charge in [-0.25, -0.2) is 5.01 Å². The number of rotatable bonds is 5. The van der Waals surface area contributed by atoms with Gasteiger partial charge in [0.15, 0.2) is 6.61 Å². The number of hydrogen-bond donors (Lipinski definition) is 0. The number of alkyl halides is 2.